The number of hydrogen-bond donors (Lipinski definition) is 1. The van der Waals surface area contributed by atoms with E-state index in [-0.39, 0.29) is 5.91 Å². The number of carbonyl (C=O) groups excluding carboxylic acids is 1. The van der Waals surface area contributed by atoms with Crippen LogP contribution in [0.1, 0.15) is 46.0 Å². The second kappa shape index (κ2) is 7.63. The van der Waals surface area contributed by atoms with Crippen molar-refractivity contribution < 1.29 is 14.3 Å². The zero-order valence-electron chi connectivity index (χ0n) is 13.9. The molecule has 0 radical (unpaired) electrons. The molecule has 0 bridgehead atoms. The van der Waals surface area contributed by atoms with Crippen molar-refractivity contribution in [1.29, 1.82) is 0 Å². The van der Waals surface area contributed by atoms with E-state index in [9.17, 15) is 4.79 Å². The average Bonchev–Trinajstić information content (AvgIpc) is 2.55. The Morgan fingerprint density at radius 1 is 1.27 bits per heavy atom. The third-order valence-corrected chi connectivity index (χ3v) is 4.47. The SMILES string of the molecule is CCCOc1ccc(NC(=O)C2(OC)CCC(C)CC2)cc1. The number of rotatable bonds is 6. The van der Waals surface area contributed by atoms with Gasteiger partial charge in [-0.05, 0) is 62.3 Å². The van der Waals surface area contributed by atoms with Crippen LogP contribution in [0.2, 0.25) is 0 Å². The van der Waals surface area contributed by atoms with Crippen LogP contribution in [-0.4, -0.2) is 25.2 Å². The number of carbonyl (C=O) groups is 1. The number of ether oxygens (including phenoxy) is 2. The van der Waals surface area contributed by atoms with Gasteiger partial charge >= 0.3 is 0 Å². The molecule has 0 aromatic heterocycles. The summed E-state index contributed by atoms with van der Waals surface area (Å²) in [6.45, 7) is 5.01. The predicted octanol–water partition coefficient (Wildman–Crippen LogP) is 4.01. The molecular formula is C18H27NO3. The molecule has 1 amide bonds. The molecule has 1 aromatic rings. The Morgan fingerprint density at radius 3 is 2.45 bits per heavy atom. The highest BCUT2D eigenvalue weighted by Gasteiger charge is 2.41. The molecule has 0 aliphatic heterocycles. The van der Waals surface area contributed by atoms with E-state index in [0.29, 0.717) is 12.5 Å². The molecule has 1 saturated carbocycles. The predicted molar refractivity (Wildman–Crippen MR) is 88.2 cm³/mol. The number of benzene rings is 1. The molecule has 2 rings (SSSR count). The maximum absolute atomic E-state index is 12.6. The third kappa shape index (κ3) is 4.01. The first-order chi connectivity index (χ1) is 10.6. The van der Waals surface area contributed by atoms with Crippen LogP contribution in [-0.2, 0) is 9.53 Å². The Bertz CT molecular complexity index is 476. The molecule has 0 saturated heterocycles. The summed E-state index contributed by atoms with van der Waals surface area (Å²) in [5, 5.41) is 2.98. The standard InChI is InChI=1S/C18H27NO3/c1-4-13-22-16-7-5-15(6-8-16)19-17(20)18(21-3)11-9-14(2)10-12-18/h5-8,14H,4,9-13H2,1-3H3,(H,19,20). The highest BCUT2D eigenvalue weighted by Crippen LogP contribution is 2.35. The zero-order valence-corrected chi connectivity index (χ0v) is 13.9. The first kappa shape index (κ1) is 16.8. The smallest absolute Gasteiger partial charge is 0.256 e. The van der Waals surface area contributed by atoms with Gasteiger partial charge in [0.1, 0.15) is 11.4 Å². The van der Waals surface area contributed by atoms with Crippen LogP contribution in [0.4, 0.5) is 5.69 Å². The number of anilines is 1. The van der Waals surface area contributed by atoms with Crippen LogP contribution in [0, 0.1) is 5.92 Å². The van der Waals surface area contributed by atoms with Crippen molar-refractivity contribution in [2.45, 2.75) is 51.6 Å². The van der Waals surface area contributed by atoms with Crippen molar-refractivity contribution >= 4 is 11.6 Å². The molecule has 0 heterocycles. The van der Waals surface area contributed by atoms with Gasteiger partial charge in [0.05, 0.1) is 6.61 Å². The van der Waals surface area contributed by atoms with Gasteiger partial charge in [0.2, 0.25) is 0 Å². The van der Waals surface area contributed by atoms with Gasteiger partial charge in [-0.1, -0.05) is 13.8 Å². The summed E-state index contributed by atoms with van der Waals surface area (Å²) in [6, 6.07) is 7.51. The molecule has 1 aromatic carbocycles. The quantitative estimate of drug-likeness (QED) is 0.864. The first-order valence-corrected chi connectivity index (χ1v) is 8.19. The first-order valence-electron chi connectivity index (χ1n) is 8.19. The Kier molecular flexibility index (Phi) is 5.83. The van der Waals surface area contributed by atoms with Crippen LogP contribution in [0.3, 0.4) is 0 Å². The minimum atomic E-state index is -0.677. The molecule has 1 fully saturated rings. The van der Waals surface area contributed by atoms with Gasteiger partial charge in [-0.3, -0.25) is 4.79 Å². The summed E-state index contributed by atoms with van der Waals surface area (Å²) in [5.74, 6) is 1.46. The van der Waals surface area contributed by atoms with Gasteiger partial charge in [-0.25, -0.2) is 0 Å². The molecule has 22 heavy (non-hydrogen) atoms. The van der Waals surface area contributed by atoms with Crippen LogP contribution in [0.15, 0.2) is 24.3 Å². The normalized spacial score (nSPS) is 24.8. The summed E-state index contributed by atoms with van der Waals surface area (Å²) in [7, 11) is 1.64. The van der Waals surface area contributed by atoms with E-state index in [2.05, 4.69) is 19.2 Å². The fourth-order valence-electron chi connectivity index (χ4n) is 2.85. The van der Waals surface area contributed by atoms with Crippen molar-refractivity contribution in [3.8, 4) is 5.75 Å². The average molecular weight is 305 g/mol. The fourth-order valence-corrected chi connectivity index (χ4v) is 2.85. The Hall–Kier alpha value is -1.55. The molecule has 0 spiro atoms. The minimum absolute atomic E-state index is 0.0378. The molecule has 122 valence electrons. The van der Waals surface area contributed by atoms with Crippen molar-refractivity contribution in [3.05, 3.63) is 24.3 Å². The van der Waals surface area contributed by atoms with E-state index in [1.54, 1.807) is 7.11 Å². The van der Waals surface area contributed by atoms with Crippen molar-refractivity contribution in [1.82, 2.24) is 0 Å². The van der Waals surface area contributed by atoms with E-state index >= 15 is 0 Å². The number of amides is 1. The maximum atomic E-state index is 12.6. The van der Waals surface area contributed by atoms with Crippen LogP contribution < -0.4 is 10.1 Å². The summed E-state index contributed by atoms with van der Waals surface area (Å²) < 4.78 is 11.1. The molecule has 0 unspecified atom stereocenters. The number of nitrogens with one attached hydrogen (secondary N) is 1. The molecule has 1 aliphatic carbocycles. The van der Waals surface area contributed by atoms with Gasteiger partial charge in [0.25, 0.3) is 5.91 Å². The fraction of sp³-hybridized carbons (Fsp3) is 0.611. The second-order valence-electron chi connectivity index (χ2n) is 6.21. The second-order valence-corrected chi connectivity index (χ2v) is 6.21. The van der Waals surface area contributed by atoms with E-state index in [4.69, 9.17) is 9.47 Å². The highest BCUT2D eigenvalue weighted by molar-refractivity contribution is 5.97. The largest absolute Gasteiger partial charge is 0.494 e. The van der Waals surface area contributed by atoms with Crippen LogP contribution >= 0.6 is 0 Å². The Morgan fingerprint density at radius 2 is 1.91 bits per heavy atom. The van der Waals surface area contributed by atoms with E-state index in [1.165, 1.54) is 0 Å². The zero-order chi connectivity index (χ0) is 16.0. The lowest BCUT2D eigenvalue weighted by molar-refractivity contribution is -0.142. The molecule has 4 heteroatoms. The molecular weight excluding hydrogens is 278 g/mol. The lowest BCUT2D eigenvalue weighted by atomic mass is 9.79. The molecule has 4 nitrogen and oxygen atoms in total. The van der Waals surface area contributed by atoms with Gasteiger partial charge < -0.3 is 14.8 Å². The lowest BCUT2D eigenvalue weighted by Gasteiger charge is -2.36. The highest BCUT2D eigenvalue weighted by atomic mass is 16.5. The maximum Gasteiger partial charge on any atom is 0.256 e. The van der Waals surface area contributed by atoms with Crippen molar-refractivity contribution in [2.75, 3.05) is 19.0 Å². The summed E-state index contributed by atoms with van der Waals surface area (Å²) >= 11 is 0. The van der Waals surface area contributed by atoms with Crippen molar-refractivity contribution in [3.63, 3.8) is 0 Å². The van der Waals surface area contributed by atoms with Crippen LogP contribution in [0.5, 0.6) is 5.75 Å². The number of methoxy groups -OCH3 is 1. The number of hydrogen-bond acceptors (Lipinski definition) is 3. The Balaban J connectivity index is 1.98. The molecule has 1 aliphatic rings. The van der Waals surface area contributed by atoms with Gasteiger partial charge in [-0.2, -0.15) is 0 Å². The monoisotopic (exact) mass is 305 g/mol. The van der Waals surface area contributed by atoms with Gasteiger partial charge in [0, 0.05) is 12.8 Å². The summed E-state index contributed by atoms with van der Waals surface area (Å²) in [6.07, 6.45) is 4.62. The Labute approximate surface area is 133 Å². The van der Waals surface area contributed by atoms with Crippen molar-refractivity contribution in [2.24, 2.45) is 5.92 Å². The molecule has 0 atom stereocenters. The summed E-state index contributed by atoms with van der Waals surface area (Å²) in [4.78, 5) is 12.6. The summed E-state index contributed by atoms with van der Waals surface area (Å²) in [5.41, 5.74) is 0.105. The lowest BCUT2D eigenvalue weighted by Crippen LogP contribution is -2.47. The van der Waals surface area contributed by atoms with E-state index in [0.717, 1.165) is 43.5 Å². The molecule has 1 N–H and O–H groups in total. The topological polar surface area (TPSA) is 47.6 Å². The van der Waals surface area contributed by atoms with Gasteiger partial charge in [0.15, 0.2) is 0 Å². The van der Waals surface area contributed by atoms with E-state index in [1.807, 2.05) is 24.3 Å². The minimum Gasteiger partial charge on any atom is -0.494 e. The van der Waals surface area contributed by atoms with Gasteiger partial charge in [-0.15, -0.1) is 0 Å². The van der Waals surface area contributed by atoms with Crippen LogP contribution in [0.25, 0.3) is 0 Å². The third-order valence-electron chi connectivity index (χ3n) is 4.47. The van der Waals surface area contributed by atoms with E-state index < -0.39 is 5.60 Å².